The highest BCUT2D eigenvalue weighted by molar-refractivity contribution is 7.88. The van der Waals surface area contributed by atoms with Crippen LogP contribution in [-0.2, 0) is 10.0 Å². The molecule has 0 aromatic heterocycles. The molecule has 1 aliphatic carbocycles. The minimum Gasteiger partial charge on any atom is -0.387 e. The van der Waals surface area contributed by atoms with Gasteiger partial charge in [-0.2, -0.15) is 0 Å². The Morgan fingerprint density at radius 1 is 1.27 bits per heavy atom. The summed E-state index contributed by atoms with van der Waals surface area (Å²) < 4.78 is 38.1. The Hall–Kier alpha value is -1.02. The Morgan fingerprint density at radius 2 is 1.91 bits per heavy atom. The molecule has 0 unspecified atom stereocenters. The van der Waals surface area contributed by atoms with Crippen LogP contribution < -0.4 is 10.0 Å². The van der Waals surface area contributed by atoms with Gasteiger partial charge in [0.1, 0.15) is 5.82 Å². The van der Waals surface area contributed by atoms with Crippen LogP contribution in [0, 0.1) is 5.82 Å². The van der Waals surface area contributed by atoms with E-state index in [9.17, 15) is 17.9 Å². The van der Waals surface area contributed by atoms with Gasteiger partial charge in [-0.15, -0.1) is 0 Å². The average molecular weight is 330 g/mol. The molecule has 1 atom stereocenters. The van der Waals surface area contributed by atoms with Gasteiger partial charge in [0, 0.05) is 18.6 Å². The van der Waals surface area contributed by atoms with Crippen LogP contribution in [0.15, 0.2) is 24.3 Å². The standard InChI is InChI=1S/C15H23FN2O3S/c1-22(20,21)18-14-7-5-13(6-8-14)17-10-15(19)11-3-2-4-12(16)9-11/h2-4,9,13-15,17-19H,5-8,10H2,1H3/t13?,14?,15-/m0/s1. The summed E-state index contributed by atoms with van der Waals surface area (Å²) in [5.74, 6) is -0.357. The van der Waals surface area contributed by atoms with Gasteiger partial charge in [0.05, 0.1) is 12.4 Å². The molecular weight excluding hydrogens is 307 g/mol. The topological polar surface area (TPSA) is 78.4 Å². The summed E-state index contributed by atoms with van der Waals surface area (Å²) in [4.78, 5) is 0. The van der Waals surface area contributed by atoms with Crippen molar-refractivity contribution in [3.63, 3.8) is 0 Å². The monoisotopic (exact) mass is 330 g/mol. The second-order valence-corrected chi connectivity index (χ2v) is 7.70. The van der Waals surface area contributed by atoms with E-state index in [1.54, 1.807) is 12.1 Å². The maximum atomic E-state index is 13.1. The first-order chi connectivity index (χ1) is 10.3. The zero-order valence-electron chi connectivity index (χ0n) is 12.6. The summed E-state index contributed by atoms with van der Waals surface area (Å²) in [6.07, 6.45) is 3.68. The van der Waals surface area contributed by atoms with Gasteiger partial charge in [-0.25, -0.2) is 17.5 Å². The van der Waals surface area contributed by atoms with Gasteiger partial charge in [-0.05, 0) is 43.4 Å². The molecule has 0 saturated heterocycles. The van der Waals surface area contributed by atoms with Crippen LogP contribution in [0.1, 0.15) is 37.4 Å². The van der Waals surface area contributed by atoms with E-state index in [1.165, 1.54) is 18.4 Å². The number of hydrogen-bond donors (Lipinski definition) is 3. The Labute approximate surface area is 131 Å². The van der Waals surface area contributed by atoms with Crippen molar-refractivity contribution >= 4 is 10.0 Å². The van der Waals surface area contributed by atoms with Gasteiger partial charge in [-0.1, -0.05) is 12.1 Å². The lowest BCUT2D eigenvalue weighted by Gasteiger charge is -2.29. The molecule has 124 valence electrons. The molecule has 5 nitrogen and oxygen atoms in total. The van der Waals surface area contributed by atoms with Gasteiger partial charge < -0.3 is 10.4 Å². The molecule has 1 aromatic rings. The number of aliphatic hydroxyl groups is 1. The predicted octanol–water partition coefficient (Wildman–Crippen LogP) is 1.31. The van der Waals surface area contributed by atoms with Crippen LogP contribution in [-0.4, -0.2) is 38.4 Å². The molecule has 0 amide bonds. The third kappa shape index (κ3) is 5.64. The molecular formula is C15H23FN2O3S. The van der Waals surface area contributed by atoms with Gasteiger partial charge >= 0.3 is 0 Å². The number of benzene rings is 1. The number of aliphatic hydroxyl groups excluding tert-OH is 1. The van der Waals surface area contributed by atoms with E-state index in [1.807, 2.05) is 0 Å². The van der Waals surface area contributed by atoms with E-state index in [4.69, 9.17) is 0 Å². The molecule has 22 heavy (non-hydrogen) atoms. The number of nitrogens with one attached hydrogen (secondary N) is 2. The molecule has 1 aromatic carbocycles. The first-order valence-corrected chi connectivity index (χ1v) is 9.37. The number of sulfonamides is 1. The molecule has 0 radical (unpaired) electrons. The van der Waals surface area contributed by atoms with Gasteiger partial charge in [0.25, 0.3) is 0 Å². The van der Waals surface area contributed by atoms with E-state index in [0.717, 1.165) is 25.7 Å². The third-order valence-electron chi connectivity index (χ3n) is 3.94. The number of rotatable bonds is 6. The normalized spacial score (nSPS) is 24.1. The zero-order valence-corrected chi connectivity index (χ0v) is 13.4. The average Bonchev–Trinajstić information content (AvgIpc) is 2.44. The molecule has 0 bridgehead atoms. The Bertz CT molecular complexity index is 586. The molecule has 2 rings (SSSR count). The summed E-state index contributed by atoms with van der Waals surface area (Å²) in [6.45, 7) is 0.359. The summed E-state index contributed by atoms with van der Waals surface area (Å²) in [5.41, 5.74) is 0.555. The summed E-state index contributed by atoms with van der Waals surface area (Å²) in [5, 5.41) is 13.3. The van der Waals surface area contributed by atoms with Gasteiger partial charge in [0.15, 0.2) is 0 Å². The second-order valence-electron chi connectivity index (χ2n) is 5.92. The largest absolute Gasteiger partial charge is 0.387 e. The Morgan fingerprint density at radius 3 is 2.50 bits per heavy atom. The Balaban J connectivity index is 1.75. The molecule has 1 aliphatic rings. The molecule has 3 N–H and O–H groups in total. The molecule has 0 spiro atoms. The summed E-state index contributed by atoms with van der Waals surface area (Å²) in [7, 11) is -3.15. The van der Waals surface area contributed by atoms with E-state index in [2.05, 4.69) is 10.0 Å². The molecule has 1 fully saturated rings. The van der Waals surface area contributed by atoms with Crippen LogP contribution in [0.25, 0.3) is 0 Å². The van der Waals surface area contributed by atoms with E-state index in [0.29, 0.717) is 12.1 Å². The SMILES string of the molecule is CS(=O)(=O)NC1CCC(NC[C@H](O)c2cccc(F)c2)CC1. The second kappa shape index (κ2) is 7.50. The minimum atomic E-state index is -3.15. The van der Waals surface area contributed by atoms with Crippen LogP contribution in [0.3, 0.4) is 0 Å². The van der Waals surface area contributed by atoms with Crippen molar-refractivity contribution in [2.45, 2.75) is 43.9 Å². The van der Waals surface area contributed by atoms with E-state index < -0.39 is 16.1 Å². The van der Waals surface area contributed by atoms with Crippen LogP contribution in [0.2, 0.25) is 0 Å². The first kappa shape index (κ1) is 17.3. The van der Waals surface area contributed by atoms with Crippen LogP contribution in [0.5, 0.6) is 0 Å². The fourth-order valence-electron chi connectivity index (χ4n) is 2.83. The lowest BCUT2D eigenvalue weighted by molar-refractivity contribution is 0.164. The molecule has 1 saturated carbocycles. The van der Waals surface area contributed by atoms with Crippen molar-refractivity contribution < 1.29 is 17.9 Å². The lowest BCUT2D eigenvalue weighted by atomic mass is 9.91. The van der Waals surface area contributed by atoms with Crippen LogP contribution in [0.4, 0.5) is 4.39 Å². The van der Waals surface area contributed by atoms with E-state index in [-0.39, 0.29) is 17.9 Å². The van der Waals surface area contributed by atoms with Crippen molar-refractivity contribution in [3.8, 4) is 0 Å². The van der Waals surface area contributed by atoms with Crippen molar-refractivity contribution in [1.82, 2.24) is 10.0 Å². The number of halogens is 1. The smallest absolute Gasteiger partial charge is 0.208 e. The van der Waals surface area contributed by atoms with Crippen molar-refractivity contribution in [2.24, 2.45) is 0 Å². The molecule has 7 heteroatoms. The first-order valence-electron chi connectivity index (χ1n) is 7.48. The third-order valence-corrected chi connectivity index (χ3v) is 4.70. The Kier molecular flexibility index (Phi) is 5.91. The number of hydrogen-bond acceptors (Lipinski definition) is 4. The molecule has 0 aliphatic heterocycles. The highest BCUT2D eigenvalue weighted by Crippen LogP contribution is 2.20. The van der Waals surface area contributed by atoms with E-state index >= 15 is 0 Å². The zero-order chi connectivity index (χ0) is 16.2. The minimum absolute atomic E-state index is 0.00110. The fourth-order valence-corrected chi connectivity index (χ4v) is 3.67. The highest BCUT2D eigenvalue weighted by Gasteiger charge is 2.23. The summed E-state index contributed by atoms with van der Waals surface area (Å²) >= 11 is 0. The fraction of sp³-hybridized carbons (Fsp3) is 0.600. The maximum absolute atomic E-state index is 13.1. The van der Waals surface area contributed by atoms with Crippen LogP contribution >= 0.6 is 0 Å². The summed E-state index contributed by atoms with van der Waals surface area (Å²) in [6, 6.07) is 6.21. The molecule has 0 heterocycles. The van der Waals surface area contributed by atoms with Gasteiger partial charge in [0.2, 0.25) is 10.0 Å². The highest BCUT2D eigenvalue weighted by atomic mass is 32.2. The maximum Gasteiger partial charge on any atom is 0.208 e. The van der Waals surface area contributed by atoms with Crippen molar-refractivity contribution in [1.29, 1.82) is 0 Å². The van der Waals surface area contributed by atoms with Crippen molar-refractivity contribution in [3.05, 3.63) is 35.6 Å². The quantitative estimate of drug-likeness (QED) is 0.735. The van der Waals surface area contributed by atoms with Gasteiger partial charge in [-0.3, -0.25) is 0 Å². The van der Waals surface area contributed by atoms with Crippen molar-refractivity contribution in [2.75, 3.05) is 12.8 Å². The lowest BCUT2D eigenvalue weighted by Crippen LogP contribution is -2.42. The predicted molar refractivity (Wildman–Crippen MR) is 83.4 cm³/mol.